The Kier molecular flexibility index (Phi) is 4.80. The number of rotatable bonds is 3. The molecule has 4 rings (SSSR count). The topological polar surface area (TPSA) is 107 Å². The molecule has 0 bridgehead atoms. The SMILES string of the molecule is COc1ccc2[se]n(-c3ccc(F)c([C@]4(C)CS(=O)(=O)N(C)C(N)=N4)c3)c(=O)c2c1. The summed E-state index contributed by atoms with van der Waals surface area (Å²) in [5, 5.41) is 0.538. The monoisotopic (exact) mass is 498 g/mol. The zero-order valence-corrected chi connectivity index (χ0v) is 18.9. The number of nitrogens with zero attached hydrogens (tertiary/aromatic N) is 3. The zero-order valence-electron chi connectivity index (χ0n) is 16.4. The number of benzene rings is 2. The third-order valence-electron chi connectivity index (χ3n) is 5.12. The summed E-state index contributed by atoms with van der Waals surface area (Å²) in [6, 6.07) is 9.51. The van der Waals surface area contributed by atoms with Crippen LogP contribution in [0.2, 0.25) is 0 Å². The van der Waals surface area contributed by atoms with E-state index in [9.17, 15) is 17.6 Å². The average Bonchev–Trinajstić information content (AvgIpc) is 3.02. The van der Waals surface area contributed by atoms with Crippen LogP contribution in [0.1, 0.15) is 12.5 Å². The van der Waals surface area contributed by atoms with Crippen LogP contribution in [0, 0.1) is 5.82 Å². The van der Waals surface area contributed by atoms with E-state index in [0.717, 1.165) is 8.57 Å². The van der Waals surface area contributed by atoms with Gasteiger partial charge >= 0.3 is 178 Å². The van der Waals surface area contributed by atoms with Crippen LogP contribution >= 0.6 is 0 Å². The Morgan fingerprint density at radius 1 is 1.27 bits per heavy atom. The second-order valence-electron chi connectivity index (χ2n) is 7.18. The van der Waals surface area contributed by atoms with Crippen LogP contribution in [0.25, 0.3) is 15.3 Å². The van der Waals surface area contributed by atoms with Crippen molar-refractivity contribution in [3.05, 3.63) is 58.1 Å². The molecule has 0 amide bonds. The van der Waals surface area contributed by atoms with Gasteiger partial charge in [-0.2, -0.15) is 0 Å². The fraction of sp³-hybridized carbons (Fsp3) is 0.263. The predicted octanol–water partition coefficient (Wildman–Crippen LogP) is 1.00. The van der Waals surface area contributed by atoms with Crippen molar-refractivity contribution in [2.24, 2.45) is 10.7 Å². The van der Waals surface area contributed by atoms with Gasteiger partial charge in [0.25, 0.3) is 0 Å². The Bertz CT molecular complexity index is 1360. The van der Waals surface area contributed by atoms with E-state index in [1.807, 2.05) is 6.07 Å². The maximum absolute atomic E-state index is 14.8. The summed E-state index contributed by atoms with van der Waals surface area (Å²) >= 11 is -0.351. The van der Waals surface area contributed by atoms with Crippen LogP contribution in [0.5, 0.6) is 5.75 Å². The number of guanidine groups is 1. The number of fused-ring (bicyclic) bond motifs is 1. The number of ether oxygens (including phenoxy) is 1. The summed E-state index contributed by atoms with van der Waals surface area (Å²) in [5.74, 6) is -0.688. The molecule has 0 aliphatic carbocycles. The molecule has 3 aromatic rings. The second-order valence-corrected chi connectivity index (χ2v) is 11.3. The van der Waals surface area contributed by atoms with Crippen molar-refractivity contribution in [3.8, 4) is 11.4 Å². The van der Waals surface area contributed by atoms with Crippen molar-refractivity contribution in [2.45, 2.75) is 12.5 Å². The van der Waals surface area contributed by atoms with Gasteiger partial charge in [0.15, 0.2) is 0 Å². The molecule has 0 spiro atoms. The molecule has 0 unspecified atom stereocenters. The zero-order chi connectivity index (χ0) is 21.8. The Hall–Kier alpha value is -2.62. The van der Waals surface area contributed by atoms with Crippen molar-refractivity contribution in [1.82, 2.24) is 7.87 Å². The van der Waals surface area contributed by atoms with Gasteiger partial charge in [-0.15, -0.1) is 0 Å². The van der Waals surface area contributed by atoms with E-state index in [1.54, 1.807) is 15.7 Å². The minimum atomic E-state index is -3.76. The van der Waals surface area contributed by atoms with E-state index in [-0.39, 0.29) is 31.8 Å². The Labute approximate surface area is 178 Å². The third kappa shape index (κ3) is 3.23. The van der Waals surface area contributed by atoms with Crippen LogP contribution in [0.3, 0.4) is 0 Å². The van der Waals surface area contributed by atoms with Gasteiger partial charge in [-0.1, -0.05) is 0 Å². The first-order chi connectivity index (χ1) is 14.1. The molecule has 8 nitrogen and oxygen atoms in total. The molecule has 30 heavy (non-hydrogen) atoms. The van der Waals surface area contributed by atoms with E-state index < -0.39 is 27.1 Å². The van der Waals surface area contributed by atoms with Gasteiger partial charge in [0, 0.05) is 0 Å². The first-order valence-electron chi connectivity index (χ1n) is 8.88. The summed E-state index contributed by atoms with van der Waals surface area (Å²) < 4.78 is 48.2. The molecular formula is C19H19FN4O4SSe. The maximum atomic E-state index is 14.8. The number of methoxy groups -OCH3 is 1. The molecule has 1 aliphatic rings. The summed E-state index contributed by atoms with van der Waals surface area (Å²) in [4.78, 5) is 17.2. The van der Waals surface area contributed by atoms with Crippen molar-refractivity contribution in [2.75, 3.05) is 19.9 Å². The van der Waals surface area contributed by atoms with Gasteiger partial charge in [0.05, 0.1) is 0 Å². The molecular weight excluding hydrogens is 478 g/mol. The molecule has 0 radical (unpaired) electrons. The van der Waals surface area contributed by atoms with Crippen LogP contribution in [-0.4, -0.2) is 56.9 Å². The molecule has 1 atom stereocenters. The van der Waals surface area contributed by atoms with E-state index in [1.165, 1.54) is 39.3 Å². The molecule has 0 saturated heterocycles. The van der Waals surface area contributed by atoms with Gasteiger partial charge in [0.2, 0.25) is 0 Å². The van der Waals surface area contributed by atoms with E-state index in [2.05, 4.69) is 4.99 Å². The number of aliphatic imine (C=N–C) groups is 1. The Balaban J connectivity index is 1.89. The molecule has 158 valence electrons. The van der Waals surface area contributed by atoms with Gasteiger partial charge < -0.3 is 0 Å². The van der Waals surface area contributed by atoms with Crippen LogP contribution in [0.4, 0.5) is 4.39 Å². The number of sulfonamides is 1. The molecule has 0 fully saturated rings. The molecule has 1 aromatic heterocycles. The summed E-state index contributed by atoms with van der Waals surface area (Å²) in [7, 11) is -0.927. The minimum absolute atomic E-state index is 0.0664. The van der Waals surface area contributed by atoms with Crippen molar-refractivity contribution >= 4 is 40.4 Å². The summed E-state index contributed by atoms with van der Waals surface area (Å²) in [6.07, 6.45) is 0. The Morgan fingerprint density at radius 2 is 2.00 bits per heavy atom. The molecule has 2 N–H and O–H groups in total. The van der Waals surface area contributed by atoms with E-state index in [0.29, 0.717) is 16.8 Å². The molecule has 2 aromatic carbocycles. The predicted molar refractivity (Wildman–Crippen MR) is 114 cm³/mol. The fourth-order valence-electron chi connectivity index (χ4n) is 3.44. The normalized spacial score (nSPS) is 20.9. The summed E-state index contributed by atoms with van der Waals surface area (Å²) in [6.45, 7) is 1.52. The number of halogens is 1. The van der Waals surface area contributed by atoms with Gasteiger partial charge in [-0.25, -0.2) is 0 Å². The van der Waals surface area contributed by atoms with Crippen molar-refractivity contribution < 1.29 is 17.5 Å². The third-order valence-corrected chi connectivity index (χ3v) is 9.40. The van der Waals surface area contributed by atoms with Gasteiger partial charge in [-0.05, 0) is 0 Å². The van der Waals surface area contributed by atoms with Gasteiger partial charge in [0.1, 0.15) is 0 Å². The van der Waals surface area contributed by atoms with Crippen LogP contribution in [0.15, 0.2) is 46.2 Å². The standard InChI is InChI=1S/C19H19FN4O4SSe/c1-19(10-29(26,27)23(2)18(21)22-19)14-8-11(4-6-15(14)20)24-17(25)13-9-12(28-3)5-7-16(13)30-24/h4-9H,10H2,1-3H3,(H2,21,22)/t19-/m0/s1. The number of nitrogens with two attached hydrogens (primary N) is 1. The first-order valence-corrected chi connectivity index (χ1v) is 12.1. The van der Waals surface area contributed by atoms with Crippen LogP contribution in [-0.2, 0) is 15.6 Å². The molecule has 2 heterocycles. The number of hydrogen-bond acceptors (Lipinski definition) is 6. The van der Waals surface area contributed by atoms with E-state index in [4.69, 9.17) is 10.5 Å². The van der Waals surface area contributed by atoms with E-state index >= 15 is 0 Å². The van der Waals surface area contributed by atoms with Crippen molar-refractivity contribution in [1.29, 1.82) is 0 Å². The number of hydrogen-bond donors (Lipinski definition) is 1. The average molecular weight is 497 g/mol. The quantitative estimate of drug-likeness (QED) is 0.544. The number of aromatic nitrogens is 1. The second kappa shape index (κ2) is 6.97. The molecule has 11 heteroatoms. The fourth-order valence-corrected chi connectivity index (χ4v) is 6.93. The Morgan fingerprint density at radius 3 is 2.67 bits per heavy atom. The van der Waals surface area contributed by atoms with Crippen LogP contribution < -0.4 is 16.0 Å². The van der Waals surface area contributed by atoms with Crippen molar-refractivity contribution in [3.63, 3.8) is 0 Å². The molecule has 0 saturated carbocycles. The summed E-state index contributed by atoms with van der Waals surface area (Å²) in [5.41, 5.74) is 4.69. The van der Waals surface area contributed by atoms with Gasteiger partial charge in [-0.3, -0.25) is 0 Å². The molecule has 1 aliphatic heterocycles. The first kappa shape index (κ1) is 20.6.